The molecular weight excluding hydrogens is 282 g/mol. The lowest BCUT2D eigenvalue weighted by atomic mass is 10.0. The molecule has 0 aromatic heterocycles. The van der Waals surface area contributed by atoms with Gasteiger partial charge in [0.15, 0.2) is 0 Å². The summed E-state index contributed by atoms with van der Waals surface area (Å²) in [4.78, 5) is 23.8. The fraction of sp³-hybridized carbons (Fsp3) is 0.500. The van der Waals surface area contributed by atoms with Crippen LogP contribution in [0.1, 0.15) is 26.7 Å². The maximum atomic E-state index is 11.9. The van der Waals surface area contributed by atoms with Crippen molar-refractivity contribution in [1.82, 2.24) is 0 Å². The highest BCUT2D eigenvalue weighted by Gasteiger charge is 2.23. The number of benzene rings is 1. The van der Waals surface area contributed by atoms with Gasteiger partial charge in [0.05, 0.1) is 6.04 Å². The van der Waals surface area contributed by atoms with E-state index in [9.17, 15) is 9.59 Å². The SMILES string of the molecule is CC(C)[C@H](N)C(=O)Nc1ccc(NC(=O)C2CCCO2)cc1. The van der Waals surface area contributed by atoms with Crippen LogP contribution in [-0.2, 0) is 14.3 Å². The minimum Gasteiger partial charge on any atom is -0.368 e. The molecule has 1 aromatic carbocycles. The summed E-state index contributed by atoms with van der Waals surface area (Å²) < 4.78 is 5.33. The molecule has 6 heteroatoms. The molecule has 0 aliphatic carbocycles. The number of carbonyl (C=O) groups is 2. The van der Waals surface area contributed by atoms with Crippen molar-refractivity contribution in [2.24, 2.45) is 11.7 Å². The lowest BCUT2D eigenvalue weighted by molar-refractivity contribution is -0.124. The summed E-state index contributed by atoms with van der Waals surface area (Å²) in [7, 11) is 0. The highest BCUT2D eigenvalue weighted by molar-refractivity contribution is 5.96. The average Bonchev–Trinajstić information content (AvgIpc) is 3.02. The fourth-order valence-electron chi connectivity index (χ4n) is 2.17. The van der Waals surface area contributed by atoms with E-state index in [1.54, 1.807) is 24.3 Å². The van der Waals surface area contributed by atoms with Crippen LogP contribution in [-0.4, -0.2) is 30.6 Å². The van der Waals surface area contributed by atoms with E-state index in [0.29, 0.717) is 18.0 Å². The predicted molar refractivity (Wildman–Crippen MR) is 85.5 cm³/mol. The Morgan fingerprint density at radius 3 is 2.27 bits per heavy atom. The molecule has 1 aromatic rings. The number of anilines is 2. The molecule has 1 saturated heterocycles. The van der Waals surface area contributed by atoms with E-state index in [2.05, 4.69) is 10.6 Å². The van der Waals surface area contributed by atoms with Crippen molar-refractivity contribution in [3.8, 4) is 0 Å². The van der Waals surface area contributed by atoms with Crippen LogP contribution in [0.5, 0.6) is 0 Å². The molecule has 1 fully saturated rings. The summed E-state index contributed by atoms with van der Waals surface area (Å²) in [6, 6.07) is 6.40. The van der Waals surface area contributed by atoms with Crippen molar-refractivity contribution in [1.29, 1.82) is 0 Å². The molecule has 1 aliphatic heterocycles. The summed E-state index contributed by atoms with van der Waals surface area (Å²) in [5.41, 5.74) is 7.11. The Hall–Kier alpha value is -1.92. The average molecular weight is 305 g/mol. The van der Waals surface area contributed by atoms with Crippen LogP contribution in [0.25, 0.3) is 0 Å². The third kappa shape index (κ3) is 4.29. The maximum absolute atomic E-state index is 11.9. The van der Waals surface area contributed by atoms with Crippen LogP contribution in [0.15, 0.2) is 24.3 Å². The van der Waals surface area contributed by atoms with Crippen LogP contribution in [0.2, 0.25) is 0 Å². The Kier molecular flexibility index (Phi) is 5.51. The van der Waals surface area contributed by atoms with Crippen molar-refractivity contribution in [2.45, 2.75) is 38.8 Å². The Balaban J connectivity index is 1.90. The molecule has 0 saturated carbocycles. The normalized spacial score (nSPS) is 19.0. The molecule has 0 bridgehead atoms. The number of hydrogen-bond donors (Lipinski definition) is 3. The number of rotatable bonds is 5. The van der Waals surface area contributed by atoms with Crippen molar-refractivity contribution < 1.29 is 14.3 Å². The molecule has 0 spiro atoms. The molecule has 1 aliphatic rings. The monoisotopic (exact) mass is 305 g/mol. The van der Waals surface area contributed by atoms with Gasteiger partial charge in [-0.25, -0.2) is 0 Å². The number of hydrogen-bond acceptors (Lipinski definition) is 4. The standard InChI is InChI=1S/C16H23N3O3/c1-10(2)14(17)16(21)19-12-7-5-11(6-8-12)18-15(20)13-4-3-9-22-13/h5-8,10,13-14H,3-4,9,17H2,1-2H3,(H,18,20)(H,19,21)/t13?,14-/m0/s1. The van der Waals surface area contributed by atoms with Crippen molar-refractivity contribution in [3.63, 3.8) is 0 Å². The lowest BCUT2D eigenvalue weighted by Crippen LogP contribution is -2.39. The highest BCUT2D eigenvalue weighted by Crippen LogP contribution is 2.17. The van der Waals surface area contributed by atoms with Crippen LogP contribution in [0, 0.1) is 5.92 Å². The summed E-state index contributed by atoms with van der Waals surface area (Å²) in [5.74, 6) is -0.271. The van der Waals surface area contributed by atoms with Gasteiger partial charge >= 0.3 is 0 Å². The van der Waals surface area contributed by atoms with Gasteiger partial charge in [0.1, 0.15) is 6.10 Å². The summed E-state index contributed by atoms with van der Waals surface area (Å²) in [6.07, 6.45) is 1.31. The maximum Gasteiger partial charge on any atom is 0.253 e. The van der Waals surface area contributed by atoms with Gasteiger partial charge in [-0.1, -0.05) is 13.8 Å². The topological polar surface area (TPSA) is 93.5 Å². The summed E-state index contributed by atoms with van der Waals surface area (Å²) >= 11 is 0. The van der Waals surface area contributed by atoms with Crippen LogP contribution in [0.3, 0.4) is 0 Å². The molecule has 2 rings (SSSR count). The molecule has 1 unspecified atom stereocenters. The lowest BCUT2D eigenvalue weighted by Gasteiger charge is -2.15. The van der Waals surface area contributed by atoms with Gasteiger partial charge in [-0.15, -0.1) is 0 Å². The van der Waals surface area contributed by atoms with Gasteiger partial charge in [-0.2, -0.15) is 0 Å². The largest absolute Gasteiger partial charge is 0.368 e. The zero-order valence-electron chi connectivity index (χ0n) is 13.0. The molecule has 6 nitrogen and oxygen atoms in total. The van der Waals surface area contributed by atoms with Gasteiger partial charge < -0.3 is 21.1 Å². The zero-order valence-corrected chi connectivity index (χ0v) is 13.0. The summed E-state index contributed by atoms with van der Waals surface area (Å²) in [5, 5.41) is 5.56. The Labute approximate surface area is 130 Å². The van der Waals surface area contributed by atoms with Crippen LogP contribution >= 0.6 is 0 Å². The third-order valence-electron chi connectivity index (χ3n) is 3.66. The van der Waals surface area contributed by atoms with Crippen molar-refractivity contribution in [2.75, 3.05) is 17.2 Å². The van der Waals surface area contributed by atoms with Gasteiger partial charge in [-0.3, -0.25) is 9.59 Å². The van der Waals surface area contributed by atoms with E-state index in [-0.39, 0.29) is 23.8 Å². The van der Waals surface area contributed by atoms with Crippen molar-refractivity contribution in [3.05, 3.63) is 24.3 Å². The van der Waals surface area contributed by atoms with Gasteiger partial charge in [0.25, 0.3) is 5.91 Å². The second kappa shape index (κ2) is 7.38. The first kappa shape index (κ1) is 16.5. The van der Waals surface area contributed by atoms with Crippen LogP contribution in [0.4, 0.5) is 11.4 Å². The number of nitrogens with two attached hydrogens (primary N) is 1. The third-order valence-corrected chi connectivity index (χ3v) is 3.66. The second-order valence-electron chi connectivity index (χ2n) is 5.83. The molecule has 2 atom stereocenters. The van der Waals surface area contributed by atoms with E-state index in [1.807, 2.05) is 13.8 Å². The van der Waals surface area contributed by atoms with E-state index in [4.69, 9.17) is 10.5 Å². The number of ether oxygens (including phenoxy) is 1. The predicted octanol–water partition coefficient (Wildman–Crippen LogP) is 1.73. The first-order valence-corrected chi connectivity index (χ1v) is 7.56. The van der Waals surface area contributed by atoms with Crippen molar-refractivity contribution >= 4 is 23.2 Å². The molecule has 4 N–H and O–H groups in total. The minimum absolute atomic E-state index is 0.0740. The van der Waals surface area contributed by atoms with Gasteiger partial charge in [0, 0.05) is 18.0 Å². The highest BCUT2D eigenvalue weighted by atomic mass is 16.5. The molecule has 1 heterocycles. The molecular formula is C16H23N3O3. The number of nitrogens with one attached hydrogen (secondary N) is 2. The Bertz CT molecular complexity index is 487. The molecule has 0 radical (unpaired) electrons. The number of carbonyl (C=O) groups excluding carboxylic acids is 2. The molecule has 120 valence electrons. The Morgan fingerprint density at radius 1 is 1.18 bits per heavy atom. The smallest absolute Gasteiger partial charge is 0.253 e. The Morgan fingerprint density at radius 2 is 1.77 bits per heavy atom. The summed E-state index contributed by atoms with van der Waals surface area (Å²) in [6.45, 7) is 4.43. The zero-order chi connectivity index (χ0) is 16.1. The van der Waals surface area contributed by atoms with Gasteiger partial charge in [0.2, 0.25) is 5.91 Å². The van der Waals surface area contributed by atoms with E-state index in [1.165, 1.54) is 0 Å². The minimum atomic E-state index is -0.543. The second-order valence-corrected chi connectivity index (χ2v) is 5.83. The molecule has 2 amide bonds. The van der Waals surface area contributed by atoms with E-state index >= 15 is 0 Å². The van der Waals surface area contributed by atoms with Gasteiger partial charge in [-0.05, 0) is 43.0 Å². The molecule has 22 heavy (non-hydrogen) atoms. The quantitative estimate of drug-likeness (QED) is 0.772. The van der Waals surface area contributed by atoms with E-state index in [0.717, 1.165) is 12.8 Å². The first-order valence-electron chi connectivity index (χ1n) is 7.56. The fourth-order valence-corrected chi connectivity index (χ4v) is 2.17. The number of amides is 2. The first-order chi connectivity index (χ1) is 10.5. The van der Waals surface area contributed by atoms with E-state index < -0.39 is 6.04 Å². The van der Waals surface area contributed by atoms with Crippen LogP contribution < -0.4 is 16.4 Å².